The molecule has 1 aliphatic rings. The Kier molecular flexibility index (Phi) is 4.14. The van der Waals surface area contributed by atoms with Crippen molar-refractivity contribution in [2.45, 2.75) is 19.4 Å². The van der Waals surface area contributed by atoms with E-state index in [4.69, 9.17) is 10.5 Å². The Morgan fingerprint density at radius 1 is 1.39 bits per heavy atom. The van der Waals surface area contributed by atoms with Gasteiger partial charge >= 0.3 is 0 Å². The van der Waals surface area contributed by atoms with Crippen LogP contribution in [0.5, 0.6) is 5.88 Å². The van der Waals surface area contributed by atoms with Gasteiger partial charge in [0, 0.05) is 25.2 Å². The molecule has 1 aliphatic heterocycles. The number of anilines is 1. The van der Waals surface area contributed by atoms with E-state index in [0.29, 0.717) is 19.0 Å². The predicted octanol–water partition coefficient (Wildman–Crippen LogP) is 2.29. The molecule has 0 saturated carbocycles. The lowest BCUT2D eigenvalue weighted by Crippen LogP contribution is -2.28. The van der Waals surface area contributed by atoms with Crippen LogP contribution >= 0.6 is 0 Å². The summed E-state index contributed by atoms with van der Waals surface area (Å²) in [5, 5.41) is 0. The molecule has 23 heavy (non-hydrogen) atoms. The van der Waals surface area contributed by atoms with Crippen molar-refractivity contribution in [2.75, 3.05) is 18.0 Å². The molecule has 2 heterocycles. The Morgan fingerprint density at radius 3 is 2.91 bits per heavy atom. The largest absolute Gasteiger partial charge is 0.472 e. The number of aryl methyl sites for hydroxylation is 1. The fourth-order valence-electron chi connectivity index (χ4n) is 2.76. The van der Waals surface area contributed by atoms with Crippen LogP contribution in [-0.2, 0) is 0 Å². The molecule has 0 aliphatic carbocycles. The van der Waals surface area contributed by atoms with Crippen molar-refractivity contribution in [1.29, 1.82) is 0 Å². The summed E-state index contributed by atoms with van der Waals surface area (Å²) in [6, 6.07) is 8.10. The minimum atomic E-state index is -0.635. The van der Waals surface area contributed by atoms with Gasteiger partial charge in [-0.1, -0.05) is 12.1 Å². The zero-order chi connectivity index (χ0) is 16.4. The Bertz CT molecular complexity index is 718. The molecule has 0 bridgehead atoms. The number of nitrogens with zero attached hydrogens (tertiary/aromatic N) is 2. The van der Waals surface area contributed by atoms with Crippen LogP contribution < -0.4 is 15.4 Å². The normalized spacial score (nSPS) is 17.3. The van der Waals surface area contributed by atoms with Crippen LogP contribution in [0.2, 0.25) is 0 Å². The van der Waals surface area contributed by atoms with Gasteiger partial charge in [-0.05, 0) is 24.6 Å². The van der Waals surface area contributed by atoms with Crippen molar-refractivity contribution in [3.63, 3.8) is 0 Å². The van der Waals surface area contributed by atoms with E-state index in [9.17, 15) is 9.18 Å². The van der Waals surface area contributed by atoms with E-state index in [0.717, 1.165) is 12.0 Å². The molecule has 1 fully saturated rings. The second kappa shape index (κ2) is 6.24. The van der Waals surface area contributed by atoms with E-state index in [2.05, 4.69) is 4.98 Å². The van der Waals surface area contributed by atoms with E-state index in [-0.39, 0.29) is 17.4 Å². The molecule has 1 saturated heterocycles. The summed E-state index contributed by atoms with van der Waals surface area (Å²) in [7, 11) is 0. The molecule has 120 valence electrons. The molecule has 3 rings (SSSR count). The van der Waals surface area contributed by atoms with Gasteiger partial charge in [0.25, 0.3) is 5.91 Å². The molecule has 1 amide bonds. The van der Waals surface area contributed by atoms with Gasteiger partial charge in [0.1, 0.15) is 11.9 Å². The number of para-hydroxylation sites is 1. The quantitative estimate of drug-likeness (QED) is 0.940. The Balaban J connectivity index is 1.75. The molecule has 2 aromatic rings. The van der Waals surface area contributed by atoms with E-state index >= 15 is 0 Å². The molecule has 6 heteroatoms. The van der Waals surface area contributed by atoms with Crippen molar-refractivity contribution >= 4 is 11.6 Å². The number of amides is 1. The average molecular weight is 315 g/mol. The number of benzene rings is 1. The van der Waals surface area contributed by atoms with Gasteiger partial charge in [-0.2, -0.15) is 0 Å². The van der Waals surface area contributed by atoms with Crippen LogP contribution in [0.4, 0.5) is 10.1 Å². The fourth-order valence-corrected chi connectivity index (χ4v) is 2.76. The molecule has 0 radical (unpaired) electrons. The average Bonchev–Trinajstić information content (AvgIpc) is 2.97. The second-order valence-electron chi connectivity index (χ2n) is 5.65. The highest BCUT2D eigenvalue weighted by Gasteiger charge is 2.28. The lowest BCUT2D eigenvalue weighted by molar-refractivity contribution is 0.100. The van der Waals surface area contributed by atoms with Crippen LogP contribution in [0.1, 0.15) is 22.3 Å². The lowest BCUT2D eigenvalue weighted by atomic mass is 10.1. The number of halogens is 1. The first-order valence-corrected chi connectivity index (χ1v) is 7.47. The Labute approximate surface area is 133 Å². The first-order chi connectivity index (χ1) is 11.0. The van der Waals surface area contributed by atoms with Gasteiger partial charge in [-0.15, -0.1) is 0 Å². The monoisotopic (exact) mass is 315 g/mol. The number of rotatable bonds is 4. The number of pyridine rings is 1. The van der Waals surface area contributed by atoms with Crippen molar-refractivity contribution in [2.24, 2.45) is 5.73 Å². The smallest absolute Gasteiger partial charge is 0.250 e. The van der Waals surface area contributed by atoms with E-state index in [1.54, 1.807) is 11.1 Å². The molecule has 2 N–H and O–H groups in total. The first-order valence-electron chi connectivity index (χ1n) is 7.47. The maximum absolute atomic E-state index is 14.2. The van der Waals surface area contributed by atoms with Crippen molar-refractivity contribution in [1.82, 2.24) is 4.98 Å². The minimum Gasteiger partial charge on any atom is -0.472 e. The number of carbonyl (C=O) groups excluding carboxylic acids is 1. The number of primary amides is 1. The molecule has 1 aromatic heterocycles. The Morgan fingerprint density at radius 2 is 2.22 bits per heavy atom. The highest BCUT2D eigenvalue weighted by Crippen LogP contribution is 2.29. The van der Waals surface area contributed by atoms with Gasteiger partial charge < -0.3 is 15.4 Å². The summed E-state index contributed by atoms with van der Waals surface area (Å²) in [5.41, 5.74) is 6.85. The third-order valence-corrected chi connectivity index (χ3v) is 3.89. The molecule has 0 spiro atoms. The standard InChI is InChI=1S/C17H18FN3O2/c1-11-5-6-15(20-9-11)23-12-7-8-21(10-12)16-13(17(19)22)3-2-4-14(16)18/h2-6,9,12H,7-8,10H2,1H3,(H2,19,22)/t12-/m0/s1. The summed E-state index contributed by atoms with van der Waals surface area (Å²) in [4.78, 5) is 17.5. The number of carbonyl (C=O) groups is 1. The van der Waals surface area contributed by atoms with Gasteiger partial charge in [0.15, 0.2) is 0 Å². The number of hydrogen-bond acceptors (Lipinski definition) is 4. The molecular formula is C17H18FN3O2. The fraction of sp³-hybridized carbons (Fsp3) is 0.294. The zero-order valence-electron chi connectivity index (χ0n) is 12.8. The van der Waals surface area contributed by atoms with Crippen LogP contribution in [0.3, 0.4) is 0 Å². The van der Waals surface area contributed by atoms with Gasteiger partial charge in [-0.3, -0.25) is 4.79 Å². The summed E-state index contributed by atoms with van der Waals surface area (Å²) >= 11 is 0. The zero-order valence-corrected chi connectivity index (χ0v) is 12.8. The third-order valence-electron chi connectivity index (χ3n) is 3.89. The lowest BCUT2D eigenvalue weighted by Gasteiger charge is -2.21. The topological polar surface area (TPSA) is 68.5 Å². The molecule has 1 atom stereocenters. The maximum atomic E-state index is 14.2. The number of hydrogen-bond donors (Lipinski definition) is 1. The third kappa shape index (κ3) is 3.26. The van der Waals surface area contributed by atoms with Gasteiger partial charge in [0.05, 0.1) is 17.8 Å². The van der Waals surface area contributed by atoms with Crippen molar-refractivity contribution in [3.8, 4) is 5.88 Å². The number of ether oxygens (including phenoxy) is 1. The summed E-state index contributed by atoms with van der Waals surface area (Å²) in [5.74, 6) is -0.536. The van der Waals surface area contributed by atoms with E-state index in [1.165, 1.54) is 18.2 Å². The summed E-state index contributed by atoms with van der Waals surface area (Å²) in [6.45, 7) is 3.03. The van der Waals surface area contributed by atoms with Crippen LogP contribution in [0.25, 0.3) is 0 Å². The number of aromatic nitrogens is 1. The summed E-state index contributed by atoms with van der Waals surface area (Å²) < 4.78 is 20.0. The molecular weight excluding hydrogens is 297 g/mol. The van der Waals surface area contributed by atoms with Gasteiger partial charge in [0.2, 0.25) is 5.88 Å². The maximum Gasteiger partial charge on any atom is 0.250 e. The van der Waals surface area contributed by atoms with E-state index < -0.39 is 11.7 Å². The first kappa shape index (κ1) is 15.3. The highest BCUT2D eigenvalue weighted by molar-refractivity contribution is 5.98. The second-order valence-corrected chi connectivity index (χ2v) is 5.65. The molecule has 0 unspecified atom stereocenters. The van der Waals surface area contributed by atoms with Crippen molar-refractivity contribution in [3.05, 3.63) is 53.5 Å². The van der Waals surface area contributed by atoms with Crippen LogP contribution in [0, 0.1) is 12.7 Å². The van der Waals surface area contributed by atoms with E-state index in [1.807, 2.05) is 19.1 Å². The van der Waals surface area contributed by atoms with Crippen LogP contribution in [-0.4, -0.2) is 30.1 Å². The molecule has 1 aromatic carbocycles. The minimum absolute atomic E-state index is 0.106. The molecule has 5 nitrogen and oxygen atoms in total. The van der Waals surface area contributed by atoms with Crippen molar-refractivity contribution < 1.29 is 13.9 Å². The number of nitrogens with two attached hydrogens (primary N) is 1. The Hall–Kier alpha value is -2.63. The van der Waals surface area contributed by atoms with Crippen LogP contribution in [0.15, 0.2) is 36.5 Å². The van der Waals surface area contributed by atoms with Gasteiger partial charge in [-0.25, -0.2) is 9.37 Å². The predicted molar refractivity (Wildman–Crippen MR) is 85.1 cm³/mol. The SMILES string of the molecule is Cc1ccc(O[C@H]2CCN(c3c(F)cccc3C(N)=O)C2)nc1. The highest BCUT2D eigenvalue weighted by atomic mass is 19.1. The summed E-state index contributed by atoms with van der Waals surface area (Å²) in [6.07, 6.45) is 2.36.